The minimum atomic E-state index is -0.00189. The standard InChI is InChI=1S/C26H30N4O2/c31-26(29-24(20-5-2-1-3-6-20)9-8-21-7-4-18-32-21)30-16-12-19(13-17-30)22-10-14-27-25-23(22)11-15-28-25/h1-3,5-6,10-12,14-15,21,24H,4,7-9,13,16-18H2,(H,27,28)(H,29,31). The van der Waals surface area contributed by atoms with Gasteiger partial charge in [-0.25, -0.2) is 9.78 Å². The van der Waals surface area contributed by atoms with Crippen LogP contribution in [0.3, 0.4) is 0 Å². The van der Waals surface area contributed by atoms with Gasteiger partial charge in [0, 0.05) is 37.5 Å². The van der Waals surface area contributed by atoms with Gasteiger partial charge in [0.05, 0.1) is 12.1 Å². The maximum Gasteiger partial charge on any atom is 0.318 e. The normalized spacial score (nSPS) is 19.7. The molecule has 6 nitrogen and oxygen atoms in total. The molecule has 1 fully saturated rings. The molecule has 1 saturated heterocycles. The van der Waals surface area contributed by atoms with Crippen molar-refractivity contribution in [2.45, 2.75) is 44.2 Å². The van der Waals surface area contributed by atoms with Crippen LogP contribution in [0.2, 0.25) is 0 Å². The largest absolute Gasteiger partial charge is 0.378 e. The summed E-state index contributed by atoms with van der Waals surface area (Å²) in [5.74, 6) is 0. The quantitative estimate of drug-likeness (QED) is 0.574. The Bertz CT molecular complexity index is 1090. The molecule has 0 spiro atoms. The third kappa shape index (κ3) is 4.55. The number of rotatable bonds is 6. The van der Waals surface area contributed by atoms with E-state index in [2.05, 4.69) is 45.6 Å². The summed E-state index contributed by atoms with van der Waals surface area (Å²) in [5.41, 5.74) is 4.54. The van der Waals surface area contributed by atoms with Crippen LogP contribution < -0.4 is 5.32 Å². The zero-order valence-electron chi connectivity index (χ0n) is 18.3. The number of hydrogen-bond acceptors (Lipinski definition) is 3. The highest BCUT2D eigenvalue weighted by atomic mass is 16.5. The molecule has 3 aromatic rings. The first-order chi connectivity index (χ1) is 15.8. The topological polar surface area (TPSA) is 70.2 Å². The molecule has 4 heterocycles. The van der Waals surface area contributed by atoms with Gasteiger partial charge in [-0.15, -0.1) is 0 Å². The van der Waals surface area contributed by atoms with Crippen molar-refractivity contribution in [3.8, 4) is 0 Å². The number of aromatic nitrogens is 2. The second-order valence-corrected chi connectivity index (χ2v) is 8.65. The van der Waals surface area contributed by atoms with Crippen LogP contribution in [0.5, 0.6) is 0 Å². The molecule has 0 saturated carbocycles. The van der Waals surface area contributed by atoms with Crippen LogP contribution in [-0.2, 0) is 4.74 Å². The summed E-state index contributed by atoms with van der Waals surface area (Å²) in [6.45, 7) is 2.18. The number of benzene rings is 1. The number of ether oxygens (including phenoxy) is 1. The number of H-pyrrole nitrogens is 1. The van der Waals surface area contributed by atoms with E-state index in [1.807, 2.05) is 35.5 Å². The highest BCUT2D eigenvalue weighted by molar-refractivity contribution is 5.90. The highest BCUT2D eigenvalue weighted by Gasteiger charge is 2.24. The summed E-state index contributed by atoms with van der Waals surface area (Å²) < 4.78 is 5.80. The average molecular weight is 431 g/mol. The Kier molecular flexibility index (Phi) is 6.21. The van der Waals surface area contributed by atoms with Crippen molar-refractivity contribution in [2.24, 2.45) is 0 Å². The van der Waals surface area contributed by atoms with Crippen LogP contribution in [0.15, 0.2) is 60.9 Å². The SMILES string of the molecule is O=C(NC(CCC1CCCO1)c1ccccc1)N1CC=C(c2ccnc3[nH]ccc23)CC1. The second-order valence-electron chi connectivity index (χ2n) is 8.65. The molecule has 0 radical (unpaired) electrons. The van der Waals surface area contributed by atoms with E-state index in [0.29, 0.717) is 19.2 Å². The van der Waals surface area contributed by atoms with Crippen molar-refractivity contribution in [2.75, 3.05) is 19.7 Å². The first-order valence-electron chi connectivity index (χ1n) is 11.6. The Hall–Kier alpha value is -3.12. The highest BCUT2D eigenvalue weighted by Crippen LogP contribution is 2.29. The van der Waals surface area contributed by atoms with E-state index < -0.39 is 0 Å². The third-order valence-corrected chi connectivity index (χ3v) is 6.60. The van der Waals surface area contributed by atoms with Gasteiger partial charge in [0.15, 0.2) is 0 Å². The summed E-state index contributed by atoms with van der Waals surface area (Å²) >= 11 is 0. The van der Waals surface area contributed by atoms with Gasteiger partial charge >= 0.3 is 6.03 Å². The minimum Gasteiger partial charge on any atom is -0.378 e. The molecule has 2 atom stereocenters. The molecule has 0 aliphatic carbocycles. The maximum absolute atomic E-state index is 13.1. The number of nitrogens with one attached hydrogen (secondary N) is 2. The Morgan fingerprint density at radius 1 is 1.25 bits per heavy atom. The third-order valence-electron chi connectivity index (χ3n) is 6.60. The van der Waals surface area contributed by atoms with E-state index in [9.17, 15) is 4.79 Å². The molecule has 2 aromatic heterocycles. The molecule has 6 heteroatoms. The summed E-state index contributed by atoms with van der Waals surface area (Å²) in [6.07, 6.45) is 11.2. The van der Waals surface area contributed by atoms with Gasteiger partial charge in [-0.2, -0.15) is 0 Å². The first kappa shape index (κ1) is 20.8. The number of amides is 2. The Morgan fingerprint density at radius 3 is 2.94 bits per heavy atom. The van der Waals surface area contributed by atoms with Gasteiger partial charge in [0.25, 0.3) is 0 Å². The van der Waals surface area contributed by atoms with Crippen LogP contribution >= 0.6 is 0 Å². The lowest BCUT2D eigenvalue weighted by Gasteiger charge is -2.30. The van der Waals surface area contributed by atoms with E-state index >= 15 is 0 Å². The van der Waals surface area contributed by atoms with Crippen LogP contribution in [0, 0.1) is 0 Å². The molecule has 166 valence electrons. The average Bonchev–Trinajstić information content (AvgIpc) is 3.54. The number of urea groups is 1. The maximum atomic E-state index is 13.1. The van der Waals surface area contributed by atoms with Crippen molar-refractivity contribution in [3.05, 3.63) is 72.1 Å². The number of pyridine rings is 1. The zero-order chi connectivity index (χ0) is 21.8. The van der Waals surface area contributed by atoms with E-state index in [1.54, 1.807) is 0 Å². The fourth-order valence-corrected chi connectivity index (χ4v) is 4.81. The van der Waals surface area contributed by atoms with Crippen LogP contribution in [0.25, 0.3) is 16.6 Å². The van der Waals surface area contributed by atoms with E-state index in [0.717, 1.165) is 55.3 Å². The van der Waals surface area contributed by atoms with Gasteiger partial charge in [0.1, 0.15) is 5.65 Å². The van der Waals surface area contributed by atoms with E-state index in [4.69, 9.17) is 4.74 Å². The second kappa shape index (κ2) is 9.57. The molecule has 1 aromatic carbocycles. The monoisotopic (exact) mass is 430 g/mol. The molecule has 2 N–H and O–H groups in total. The first-order valence-corrected chi connectivity index (χ1v) is 11.6. The number of nitrogens with zero attached hydrogens (tertiary/aromatic N) is 2. The number of hydrogen-bond donors (Lipinski definition) is 2. The van der Waals surface area contributed by atoms with E-state index in [-0.39, 0.29) is 12.1 Å². The van der Waals surface area contributed by atoms with E-state index in [1.165, 1.54) is 11.1 Å². The predicted octanol–water partition coefficient (Wildman–Crippen LogP) is 5.06. The summed E-state index contributed by atoms with van der Waals surface area (Å²) in [5, 5.41) is 4.43. The number of carbonyl (C=O) groups is 1. The molecule has 2 unspecified atom stereocenters. The Morgan fingerprint density at radius 2 is 2.16 bits per heavy atom. The summed E-state index contributed by atoms with van der Waals surface area (Å²) in [4.78, 5) is 22.6. The predicted molar refractivity (Wildman–Crippen MR) is 126 cm³/mol. The molecule has 32 heavy (non-hydrogen) atoms. The lowest BCUT2D eigenvalue weighted by molar-refractivity contribution is 0.0994. The molecule has 0 bridgehead atoms. The molecule has 5 rings (SSSR count). The van der Waals surface area contributed by atoms with Crippen LogP contribution in [-0.4, -0.2) is 46.7 Å². The molecular formula is C26H30N4O2. The zero-order valence-corrected chi connectivity index (χ0v) is 18.3. The van der Waals surface area contributed by atoms with Crippen molar-refractivity contribution < 1.29 is 9.53 Å². The van der Waals surface area contributed by atoms with Crippen molar-refractivity contribution in [1.82, 2.24) is 20.2 Å². The van der Waals surface area contributed by atoms with Crippen molar-refractivity contribution in [1.29, 1.82) is 0 Å². The number of carbonyl (C=O) groups excluding carboxylic acids is 1. The summed E-state index contributed by atoms with van der Waals surface area (Å²) in [7, 11) is 0. The molecule has 2 amide bonds. The number of aromatic amines is 1. The lowest BCUT2D eigenvalue weighted by atomic mass is 9.97. The van der Waals surface area contributed by atoms with Crippen LogP contribution in [0.4, 0.5) is 4.79 Å². The minimum absolute atomic E-state index is 0.00189. The fraction of sp³-hybridized carbons (Fsp3) is 0.385. The van der Waals surface area contributed by atoms with Crippen molar-refractivity contribution in [3.63, 3.8) is 0 Å². The molecular weight excluding hydrogens is 400 g/mol. The van der Waals surface area contributed by atoms with Gasteiger partial charge in [-0.05, 0) is 60.9 Å². The van der Waals surface area contributed by atoms with Gasteiger partial charge < -0.3 is 19.9 Å². The number of fused-ring (bicyclic) bond motifs is 1. The lowest BCUT2D eigenvalue weighted by Crippen LogP contribution is -2.43. The smallest absolute Gasteiger partial charge is 0.318 e. The fourth-order valence-electron chi connectivity index (χ4n) is 4.81. The van der Waals surface area contributed by atoms with Crippen LogP contribution in [0.1, 0.15) is 49.3 Å². The Balaban J connectivity index is 1.25. The Labute approximate surface area is 188 Å². The molecule has 2 aliphatic rings. The summed E-state index contributed by atoms with van der Waals surface area (Å²) in [6, 6.07) is 14.4. The van der Waals surface area contributed by atoms with Gasteiger partial charge in [-0.1, -0.05) is 36.4 Å². The van der Waals surface area contributed by atoms with Crippen molar-refractivity contribution >= 4 is 22.6 Å². The molecule has 2 aliphatic heterocycles. The van der Waals surface area contributed by atoms with Gasteiger partial charge in [-0.3, -0.25) is 0 Å². The van der Waals surface area contributed by atoms with Gasteiger partial charge in [0.2, 0.25) is 0 Å².